The van der Waals surface area contributed by atoms with Crippen molar-refractivity contribution in [3.63, 3.8) is 0 Å². The molecule has 0 fully saturated rings. The second-order valence-electron chi connectivity index (χ2n) is 5.22. The van der Waals surface area contributed by atoms with E-state index in [1.54, 1.807) is 0 Å². The number of hydrogen-bond acceptors (Lipinski definition) is 14. The number of carbonyl (C=O) groups is 3. The standard InChI is InChI=1S/2C6H12O6.C2H5NO2/c2*7-1-3(9)5(11)6(12)4(10)2-8;3-1-2(4)5/h2*3,5-9,11-12H,1-2H2;1,3H2,(H,4,5)/t2*3-,5-,6-;/m11./s1. The van der Waals surface area contributed by atoms with Crippen molar-refractivity contribution in [3.05, 3.63) is 0 Å². The molecule has 0 aromatic carbocycles. The van der Waals surface area contributed by atoms with Crippen LogP contribution in [0.25, 0.3) is 0 Å². The van der Waals surface area contributed by atoms with Crippen LogP contribution in [0.5, 0.6) is 0 Å². The summed E-state index contributed by atoms with van der Waals surface area (Å²) in [5.74, 6) is -2.98. The van der Waals surface area contributed by atoms with E-state index in [0.717, 1.165) is 0 Å². The Kier molecular flexibility index (Phi) is 20.3. The fourth-order valence-corrected chi connectivity index (χ4v) is 1.20. The van der Waals surface area contributed by atoms with Gasteiger partial charge in [0.25, 0.3) is 0 Å². The average molecular weight is 435 g/mol. The van der Waals surface area contributed by atoms with E-state index in [-0.39, 0.29) is 6.54 Å². The highest BCUT2D eigenvalue weighted by atomic mass is 16.4. The van der Waals surface area contributed by atoms with Gasteiger partial charge >= 0.3 is 5.97 Å². The first-order valence-electron chi connectivity index (χ1n) is 7.85. The highest BCUT2D eigenvalue weighted by Crippen LogP contribution is 2.01. The van der Waals surface area contributed by atoms with E-state index >= 15 is 0 Å². The third kappa shape index (κ3) is 14.9. The number of carboxylic acids is 1. The number of rotatable bonds is 11. The highest BCUT2D eigenvalue weighted by molar-refractivity contribution is 5.84. The van der Waals surface area contributed by atoms with Crippen molar-refractivity contribution in [3.8, 4) is 0 Å². The summed E-state index contributed by atoms with van der Waals surface area (Å²) in [5, 5.41) is 93.7. The summed E-state index contributed by atoms with van der Waals surface area (Å²) >= 11 is 0. The molecule has 0 amide bonds. The number of carbonyl (C=O) groups excluding carboxylic acids is 2. The molecule has 13 N–H and O–H groups in total. The second kappa shape index (κ2) is 18.4. The van der Waals surface area contributed by atoms with Crippen LogP contribution in [0.4, 0.5) is 0 Å². The molecule has 15 heteroatoms. The zero-order valence-electron chi connectivity index (χ0n) is 15.2. The van der Waals surface area contributed by atoms with E-state index in [9.17, 15) is 14.4 Å². The summed E-state index contributed by atoms with van der Waals surface area (Å²) in [7, 11) is 0. The maximum absolute atomic E-state index is 10.5. The van der Waals surface area contributed by atoms with Gasteiger partial charge in [-0.2, -0.15) is 0 Å². The topological polar surface area (TPSA) is 300 Å². The summed E-state index contributed by atoms with van der Waals surface area (Å²) in [6.45, 7) is -3.65. The molecule has 6 atom stereocenters. The fraction of sp³-hybridized carbons (Fsp3) is 0.786. The number of hydrogen-bond donors (Lipinski definition) is 12. The van der Waals surface area contributed by atoms with Crippen LogP contribution in [-0.4, -0.2) is 143 Å². The lowest BCUT2D eigenvalue weighted by Gasteiger charge is -2.19. The summed E-state index contributed by atoms with van der Waals surface area (Å²) in [6, 6.07) is 0. The summed E-state index contributed by atoms with van der Waals surface area (Å²) in [5.41, 5.74) is 4.57. The Bertz CT molecular complexity index is 428. The molecule has 0 aromatic heterocycles. The van der Waals surface area contributed by atoms with Crippen molar-refractivity contribution in [1.29, 1.82) is 0 Å². The molecule has 0 saturated carbocycles. The molecule has 0 bridgehead atoms. The summed E-state index contributed by atoms with van der Waals surface area (Å²) < 4.78 is 0. The van der Waals surface area contributed by atoms with E-state index in [1.807, 2.05) is 0 Å². The van der Waals surface area contributed by atoms with Gasteiger partial charge in [0.1, 0.15) is 49.8 Å². The van der Waals surface area contributed by atoms with Crippen molar-refractivity contribution < 1.29 is 70.6 Å². The predicted molar refractivity (Wildman–Crippen MR) is 91.1 cm³/mol. The number of Topliss-reactive ketones (excluding diaryl/α,β-unsaturated/α-hetero) is 2. The zero-order valence-corrected chi connectivity index (χ0v) is 15.2. The SMILES string of the molecule is NCC(=O)O.O=C(CO)[C@@H](O)[C@H](O)[C@H](O)CO.O=C(CO)[C@@H](O)[C@H](O)[C@H](O)CO. The number of aliphatic carboxylic acids is 1. The minimum atomic E-state index is -1.86. The van der Waals surface area contributed by atoms with Crippen molar-refractivity contribution in [1.82, 2.24) is 0 Å². The second-order valence-corrected chi connectivity index (χ2v) is 5.22. The fourth-order valence-electron chi connectivity index (χ4n) is 1.20. The molecule has 0 aromatic rings. The van der Waals surface area contributed by atoms with Gasteiger partial charge in [-0.15, -0.1) is 0 Å². The van der Waals surface area contributed by atoms with E-state index in [2.05, 4.69) is 5.73 Å². The van der Waals surface area contributed by atoms with E-state index in [1.165, 1.54) is 0 Å². The van der Waals surface area contributed by atoms with Gasteiger partial charge in [-0.25, -0.2) is 0 Å². The number of carboxylic acid groups (broad SMARTS) is 1. The molecule has 0 unspecified atom stereocenters. The molecule has 0 rings (SSSR count). The number of ketones is 2. The van der Waals surface area contributed by atoms with Crippen LogP contribution in [-0.2, 0) is 14.4 Å². The molecule has 0 aliphatic heterocycles. The quantitative estimate of drug-likeness (QED) is 0.143. The summed E-state index contributed by atoms with van der Waals surface area (Å²) in [4.78, 5) is 30.3. The summed E-state index contributed by atoms with van der Waals surface area (Å²) in [6.07, 6.45) is -10.4. The van der Waals surface area contributed by atoms with Crippen molar-refractivity contribution in [2.45, 2.75) is 36.6 Å². The maximum atomic E-state index is 10.5. The lowest BCUT2D eigenvalue weighted by molar-refractivity contribution is -0.143. The van der Waals surface area contributed by atoms with Crippen molar-refractivity contribution in [2.75, 3.05) is 33.0 Å². The van der Waals surface area contributed by atoms with Gasteiger partial charge in [-0.05, 0) is 0 Å². The molecule has 29 heavy (non-hydrogen) atoms. The maximum Gasteiger partial charge on any atom is 0.317 e. The van der Waals surface area contributed by atoms with Crippen LogP contribution >= 0.6 is 0 Å². The first-order chi connectivity index (χ1) is 13.4. The zero-order chi connectivity index (χ0) is 23.7. The Morgan fingerprint density at radius 2 is 0.897 bits per heavy atom. The van der Waals surface area contributed by atoms with Crippen LogP contribution in [0.1, 0.15) is 0 Å². The lowest BCUT2D eigenvalue weighted by Crippen LogP contribution is -2.44. The van der Waals surface area contributed by atoms with Gasteiger partial charge in [-0.3, -0.25) is 14.4 Å². The molecule has 174 valence electrons. The van der Waals surface area contributed by atoms with Gasteiger partial charge in [0.2, 0.25) is 0 Å². The van der Waals surface area contributed by atoms with Gasteiger partial charge in [-0.1, -0.05) is 0 Å². The Morgan fingerprint density at radius 1 is 0.655 bits per heavy atom. The number of aliphatic hydroxyl groups is 10. The predicted octanol–water partition coefficient (Wildman–Crippen LogP) is -7.72. The van der Waals surface area contributed by atoms with E-state index in [4.69, 9.17) is 56.2 Å². The van der Waals surface area contributed by atoms with Crippen LogP contribution in [0, 0.1) is 0 Å². The molecule has 0 spiro atoms. The van der Waals surface area contributed by atoms with Gasteiger partial charge < -0.3 is 61.9 Å². The molecule has 0 aliphatic carbocycles. The van der Waals surface area contributed by atoms with Crippen LogP contribution < -0.4 is 5.73 Å². The van der Waals surface area contributed by atoms with Gasteiger partial charge in [0, 0.05) is 0 Å². The Morgan fingerprint density at radius 3 is 1.03 bits per heavy atom. The third-order valence-corrected chi connectivity index (χ3v) is 2.96. The Hall–Kier alpha value is -1.63. The van der Waals surface area contributed by atoms with Crippen molar-refractivity contribution in [2.24, 2.45) is 5.73 Å². The smallest absolute Gasteiger partial charge is 0.317 e. The minimum absolute atomic E-state index is 0.278. The molecule has 0 radical (unpaired) electrons. The molecule has 15 nitrogen and oxygen atoms in total. The lowest BCUT2D eigenvalue weighted by atomic mass is 10.1. The number of aliphatic hydroxyl groups excluding tert-OH is 10. The van der Waals surface area contributed by atoms with E-state index in [0.29, 0.717) is 0 Å². The Labute approximate surface area is 164 Å². The monoisotopic (exact) mass is 435 g/mol. The first-order valence-corrected chi connectivity index (χ1v) is 7.85. The number of nitrogens with two attached hydrogens (primary N) is 1. The Balaban J connectivity index is -0.000000380. The minimum Gasteiger partial charge on any atom is -0.480 e. The van der Waals surface area contributed by atoms with Gasteiger partial charge in [0.15, 0.2) is 11.6 Å². The third-order valence-electron chi connectivity index (χ3n) is 2.96. The van der Waals surface area contributed by atoms with Crippen LogP contribution in [0.2, 0.25) is 0 Å². The van der Waals surface area contributed by atoms with Crippen LogP contribution in [0.15, 0.2) is 0 Å². The molecule has 0 aliphatic rings. The van der Waals surface area contributed by atoms with Gasteiger partial charge in [0.05, 0.1) is 19.8 Å². The normalized spacial score (nSPS) is 16.5. The van der Waals surface area contributed by atoms with Crippen LogP contribution in [0.3, 0.4) is 0 Å². The molecule has 0 saturated heterocycles. The molecule has 0 heterocycles. The highest BCUT2D eigenvalue weighted by Gasteiger charge is 2.29. The first kappa shape index (κ1) is 32.0. The van der Waals surface area contributed by atoms with Crippen molar-refractivity contribution >= 4 is 17.5 Å². The molecular weight excluding hydrogens is 406 g/mol. The largest absolute Gasteiger partial charge is 0.480 e. The molecular formula is C14H29NO14. The van der Waals surface area contributed by atoms with E-state index < -0.39 is 80.6 Å². The average Bonchev–Trinajstić information content (AvgIpc) is 2.75.